The molecule has 1 aromatic heterocycles. The van der Waals surface area contributed by atoms with Crippen LogP contribution in [0, 0.1) is 5.92 Å². The van der Waals surface area contributed by atoms with Crippen molar-refractivity contribution >= 4 is 17.3 Å². The zero-order valence-corrected chi connectivity index (χ0v) is 10.5. The van der Waals surface area contributed by atoms with Crippen molar-refractivity contribution in [2.75, 3.05) is 0 Å². The molecule has 4 heteroatoms. The highest BCUT2D eigenvalue weighted by atomic mass is 32.1. The van der Waals surface area contributed by atoms with Crippen molar-refractivity contribution < 1.29 is 15.0 Å². The molecule has 0 radical (unpaired) electrons. The van der Waals surface area contributed by atoms with Crippen LogP contribution in [-0.4, -0.2) is 21.8 Å². The maximum atomic E-state index is 10.7. The maximum Gasteiger partial charge on any atom is 0.306 e. The molecule has 0 amide bonds. The smallest absolute Gasteiger partial charge is 0.306 e. The molecule has 0 aliphatic rings. The Kier molecular flexibility index (Phi) is 4.50. The van der Waals surface area contributed by atoms with Crippen molar-refractivity contribution in [3.63, 3.8) is 0 Å². The van der Waals surface area contributed by atoms with Crippen LogP contribution in [0.2, 0.25) is 0 Å². The van der Waals surface area contributed by atoms with Gasteiger partial charge in [0.1, 0.15) is 0 Å². The van der Waals surface area contributed by atoms with Gasteiger partial charge in [0.15, 0.2) is 0 Å². The molecule has 0 aliphatic carbocycles. The van der Waals surface area contributed by atoms with Crippen LogP contribution in [0.4, 0.5) is 0 Å². The maximum absolute atomic E-state index is 10.7. The number of thiophene rings is 1. The fraction of sp³-hybridized carbons (Fsp3) is 0.583. The monoisotopic (exact) mass is 242 g/mol. The zero-order chi connectivity index (χ0) is 12.2. The van der Waals surface area contributed by atoms with E-state index < -0.39 is 11.6 Å². The molecule has 0 unspecified atom stereocenters. The second kappa shape index (κ2) is 5.46. The summed E-state index contributed by atoms with van der Waals surface area (Å²) in [6.07, 6.45) is 1.04. The third-order valence-electron chi connectivity index (χ3n) is 2.96. The molecule has 0 saturated carbocycles. The largest absolute Gasteiger partial charge is 0.481 e. The number of aliphatic carboxylic acids is 1. The molecule has 1 aromatic rings. The molecule has 1 atom stereocenters. The van der Waals surface area contributed by atoms with Crippen LogP contribution in [0.1, 0.15) is 32.3 Å². The predicted octanol–water partition coefficient (Wildman–Crippen LogP) is 2.54. The average Bonchev–Trinajstić information content (AvgIpc) is 2.65. The first-order chi connectivity index (χ1) is 7.44. The van der Waals surface area contributed by atoms with Gasteiger partial charge >= 0.3 is 5.97 Å². The predicted molar refractivity (Wildman–Crippen MR) is 64.7 cm³/mol. The Bertz CT molecular complexity index is 332. The number of carboxylic acid groups (broad SMARTS) is 1. The topological polar surface area (TPSA) is 57.5 Å². The summed E-state index contributed by atoms with van der Waals surface area (Å²) in [5.41, 5.74) is 0.0581. The standard InChI is InChI=1S/C12H18O3S/c1-9(2)12(15,7-11(13)14)5-3-10-4-6-16-8-10/h4,6,8-9,15H,3,5,7H2,1-2H3,(H,13,14)/t12-/m1/s1. The molecule has 0 aromatic carbocycles. The third kappa shape index (κ3) is 3.61. The summed E-state index contributed by atoms with van der Waals surface area (Å²) in [4.78, 5) is 10.7. The zero-order valence-electron chi connectivity index (χ0n) is 9.64. The Balaban J connectivity index is 2.60. The van der Waals surface area contributed by atoms with Gasteiger partial charge in [-0.3, -0.25) is 4.79 Å². The van der Waals surface area contributed by atoms with Crippen LogP contribution in [0.25, 0.3) is 0 Å². The van der Waals surface area contributed by atoms with Crippen molar-refractivity contribution in [3.05, 3.63) is 22.4 Å². The molecular weight excluding hydrogens is 224 g/mol. The molecule has 90 valence electrons. The van der Waals surface area contributed by atoms with E-state index in [4.69, 9.17) is 5.11 Å². The summed E-state index contributed by atoms with van der Waals surface area (Å²) >= 11 is 1.61. The normalized spacial score (nSPS) is 15.0. The molecule has 3 nitrogen and oxygen atoms in total. The summed E-state index contributed by atoms with van der Waals surface area (Å²) < 4.78 is 0. The molecule has 0 aliphatic heterocycles. The van der Waals surface area contributed by atoms with E-state index in [9.17, 15) is 9.90 Å². The minimum atomic E-state index is -1.10. The number of carbonyl (C=O) groups is 1. The number of hydrogen-bond acceptors (Lipinski definition) is 3. The lowest BCUT2D eigenvalue weighted by Crippen LogP contribution is -2.38. The molecular formula is C12H18O3S. The van der Waals surface area contributed by atoms with Gasteiger partial charge in [0, 0.05) is 0 Å². The van der Waals surface area contributed by atoms with E-state index in [-0.39, 0.29) is 12.3 Å². The average molecular weight is 242 g/mol. The second-order valence-electron chi connectivity index (χ2n) is 4.46. The van der Waals surface area contributed by atoms with Gasteiger partial charge in [0.05, 0.1) is 12.0 Å². The Hall–Kier alpha value is -0.870. The first-order valence-corrected chi connectivity index (χ1v) is 6.33. The number of carboxylic acids is 1. The second-order valence-corrected chi connectivity index (χ2v) is 5.24. The fourth-order valence-corrected chi connectivity index (χ4v) is 2.34. The minimum absolute atomic E-state index is 0.0535. The van der Waals surface area contributed by atoms with E-state index in [1.54, 1.807) is 11.3 Å². The van der Waals surface area contributed by atoms with Crippen LogP contribution >= 0.6 is 11.3 Å². The Morgan fingerprint density at radius 2 is 2.25 bits per heavy atom. The lowest BCUT2D eigenvalue weighted by molar-refractivity contribution is -0.145. The lowest BCUT2D eigenvalue weighted by Gasteiger charge is -2.30. The molecule has 0 fully saturated rings. The van der Waals surface area contributed by atoms with Gasteiger partial charge in [0.2, 0.25) is 0 Å². The van der Waals surface area contributed by atoms with Crippen LogP contribution in [0.5, 0.6) is 0 Å². The number of rotatable bonds is 6. The van der Waals surface area contributed by atoms with Crippen molar-refractivity contribution in [2.45, 2.75) is 38.7 Å². The highest BCUT2D eigenvalue weighted by molar-refractivity contribution is 7.07. The summed E-state index contributed by atoms with van der Waals surface area (Å²) in [6.45, 7) is 3.72. The Morgan fingerprint density at radius 1 is 1.56 bits per heavy atom. The summed E-state index contributed by atoms with van der Waals surface area (Å²) in [7, 11) is 0. The third-order valence-corrected chi connectivity index (χ3v) is 3.69. The van der Waals surface area contributed by atoms with Crippen molar-refractivity contribution in [2.24, 2.45) is 5.92 Å². The Morgan fingerprint density at radius 3 is 2.69 bits per heavy atom. The molecule has 1 rings (SSSR count). The molecule has 16 heavy (non-hydrogen) atoms. The molecule has 0 bridgehead atoms. The first kappa shape index (κ1) is 13.2. The summed E-state index contributed by atoms with van der Waals surface area (Å²) in [5.74, 6) is -0.997. The molecule has 2 N–H and O–H groups in total. The summed E-state index contributed by atoms with van der Waals surface area (Å²) in [6, 6.07) is 2.01. The minimum Gasteiger partial charge on any atom is -0.481 e. The molecule has 0 saturated heterocycles. The van der Waals surface area contributed by atoms with Crippen LogP contribution < -0.4 is 0 Å². The highest BCUT2D eigenvalue weighted by Crippen LogP contribution is 2.27. The number of hydrogen-bond donors (Lipinski definition) is 2. The van der Waals surface area contributed by atoms with Gasteiger partial charge in [0.25, 0.3) is 0 Å². The number of aryl methyl sites for hydroxylation is 1. The lowest BCUT2D eigenvalue weighted by atomic mass is 9.82. The van der Waals surface area contributed by atoms with Crippen molar-refractivity contribution in [1.29, 1.82) is 0 Å². The van der Waals surface area contributed by atoms with E-state index in [1.165, 1.54) is 0 Å². The van der Waals surface area contributed by atoms with Gasteiger partial charge in [-0.25, -0.2) is 0 Å². The molecule has 0 spiro atoms. The van der Waals surface area contributed by atoms with E-state index >= 15 is 0 Å². The van der Waals surface area contributed by atoms with Gasteiger partial charge in [-0.2, -0.15) is 11.3 Å². The van der Waals surface area contributed by atoms with E-state index in [0.717, 1.165) is 12.0 Å². The highest BCUT2D eigenvalue weighted by Gasteiger charge is 2.33. The van der Waals surface area contributed by atoms with E-state index in [2.05, 4.69) is 0 Å². The Labute approximate surface area is 99.7 Å². The van der Waals surface area contributed by atoms with Crippen LogP contribution in [0.3, 0.4) is 0 Å². The SMILES string of the molecule is CC(C)[C@@](O)(CCc1ccsc1)CC(=O)O. The van der Waals surface area contributed by atoms with Crippen molar-refractivity contribution in [1.82, 2.24) is 0 Å². The van der Waals surface area contributed by atoms with Gasteiger partial charge < -0.3 is 10.2 Å². The van der Waals surface area contributed by atoms with Gasteiger partial charge in [-0.05, 0) is 41.1 Å². The fourth-order valence-electron chi connectivity index (χ4n) is 1.64. The van der Waals surface area contributed by atoms with Crippen LogP contribution in [-0.2, 0) is 11.2 Å². The van der Waals surface area contributed by atoms with E-state index in [0.29, 0.717) is 6.42 Å². The summed E-state index contributed by atoms with van der Waals surface area (Å²) in [5, 5.41) is 23.1. The number of aliphatic hydroxyl groups is 1. The first-order valence-electron chi connectivity index (χ1n) is 5.39. The quantitative estimate of drug-likeness (QED) is 0.806. The van der Waals surface area contributed by atoms with Gasteiger partial charge in [-0.15, -0.1) is 0 Å². The molecule has 1 heterocycles. The van der Waals surface area contributed by atoms with Gasteiger partial charge in [-0.1, -0.05) is 13.8 Å². The van der Waals surface area contributed by atoms with Crippen LogP contribution in [0.15, 0.2) is 16.8 Å². The van der Waals surface area contributed by atoms with Crippen molar-refractivity contribution in [3.8, 4) is 0 Å². The van der Waals surface area contributed by atoms with E-state index in [1.807, 2.05) is 30.7 Å².